The highest BCUT2D eigenvalue weighted by Crippen LogP contribution is 2.29. The molecule has 0 aliphatic carbocycles. The lowest BCUT2D eigenvalue weighted by atomic mass is 10.1. The van der Waals surface area contributed by atoms with Crippen molar-refractivity contribution < 1.29 is 13.9 Å². The van der Waals surface area contributed by atoms with Gasteiger partial charge < -0.3 is 15.0 Å². The first-order valence-electron chi connectivity index (χ1n) is 6.40. The highest BCUT2D eigenvalue weighted by Gasteiger charge is 2.19. The Balaban J connectivity index is 2.08. The van der Waals surface area contributed by atoms with Crippen molar-refractivity contribution in [2.45, 2.75) is 0 Å². The number of H-pyrrole nitrogens is 1. The van der Waals surface area contributed by atoms with E-state index in [1.807, 2.05) is 24.3 Å². The molecule has 2 aromatic carbocycles. The third kappa shape index (κ3) is 2.45. The van der Waals surface area contributed by atoms with E-state index in [-0.39, 0.29) is 5.82 Å². The van der Waals surface area contributed by atoms with Crippen LogP contribution in [-0.2, 0) is 4.74 Å². The topological polar surface area (TPSA) is 54.1 Å². The smallest absolute Gasteiger partial charge is 0.342 e. The average molecular weight is 284 g/mol. The summed E-state index contributed by atoms with van der Waals surface area (Å²) in [5, 5.41) is 3.85. The van der Waals surface area contributed by atoms with Gasteiger partial charge in [0.2, 0.25) is 0 Å². The highest BCUT2D eigenvalue weighted by molar-refractivity contribution is 6.09. The SMILES string of the molecule is COC(=O)c1c(Nc2ccc(F)cc2)[nH]c2ccccc12. The van der Waals surface area contributed by atoms with E-state index >= 15 is 0 Å². The summed E-state index contributed by atoms with van der Waals surface area (Å²) in [6.07, 6.45) is 0. The first-order chi connectivity index (χ1) is 10.2. The van der Waals surface area contributed by atoms with Gasteiger partial charge in [-0.25, -0.2) is 9.18 Å². The molecule has 0 amide bonds. The Kier molecular flexibility index (Phi) is 3.31. The number of esters is 1. The molecular formula is C16H13FN2O2. The van der Waals surface area contributed by atoms with E-state index in [2.05, 4.69) is 10.3 Å². The second-order valence-electron chi connectivity index (χ2n) is 4.54. The Labute approximate surface area is 120 Å². The standard InChI is InChI=1S/C16H13FN2O2/c1-21-16(20)14-12-4-2-3-5-13(12)19-15(14)18-11-8-6-10(17)7-9-11/h2-9,18-19H,1H3. The largest absolute Gasteiger partial charge is 0.465 e. The van der Waals surface area contributed by atoms with Crippen molar-refractivity contribution in [3.05, 3.63) is 59.9 Å². The van der Waals surface area contributed by atoms with Crippen LogP contribution in [0.15, 0.2) is 48.5 Å². The second kappa shape index (κ2) is 5.28. The summed E-state index contributed by atoms with van der Waals surface area (Å²) in [4.78, 5) is 15.1. The van der Waals surface area contributed by atoms with Crippen LogP contribution in [0.3, 0.4) is 0 Å². The molecule has 4 nitrogen and oxygen atoms in total. The summed E-state index contributed by atoms with van der Waals surface area (Å²) in [5.74, 6) is -0.225. The summed E-state index contributed by atoms with van der Waals surface area (Å²) in [6, 6.07) is 13.3. The molecule has 2 N–H and O–H groups in total. The molecule has 3 aromatic rings. The van der Waals surface area contributed by atoms with Crippen LogP contribution in [0.5, 0.6) is 0 Å². The van der Waals surface area contributed by atoms with Crippen molar-refractivity contribution in [2.75, 3.05) is 12.4 Å². The minimum atomic E-state index is -0.433. The summed E-state index contributed by atoms with van der Waals surface area (Å²) >= 11 is 0. The molecule has 0 atom stereocenters. The van der Waals surface area contributed by atoms with Gasteiger partial charge in [-0.15, -0.1) is 0 Å². The number of aromatic nitrogens is 1. The fourth-order valence-corrected chi connectivity index (χ4v) is 2.23. The number of para-hydroxylation sites is 1. The zero-order valence-electron chi connectivity index (χ0n) is 11.3. The number of carbonyl (C=O) groups is 1. The molecule has 0 fully saturated rings. The van der Waals surface area contributed by atoms with E-state index in [9.17, 15) is 9.18 Å². The van der Waals surface area contributed by atoms with Crippen LogP contribution in [0, 0.1) is 5.82 Å². The summed E-state index contributed by atoms with van der Waals surface area (Å²) in [7, 11) is 1.34. The summed E-state index contributed by atoms with van der Waals surface area (Å²) in [6.45, 7) is 0. The number of ether oxygens (including phenoxy) is 1. The quantitative estimate of drug-likeness (QED) is 0.718. The van der Waals surface area contributed by atoms with Crippen LogP contribution >= 0.6 is 0 Å². The second-order valence-corrected chi connectivity index (χ2v) is 4.54. The molecule has 1 heterocycles. The number of fused-ring (bicyclic) bond motifs is 1. The maximum absolute atomic E-state index is 12.9. The monoisotopic (exact) mass is 284 g/mol. The number of nitrogens with one attached hydrogen (secondary N) is 2. The van der Waals surface area contributed by atoms with Crippen molar-refractivity contribution in [2.24, 2.45) is 0 Å². The van der Waals surface area contributed by atoms with Crippen molar-refractivity contribution in [1.29, 1.82) is 0 Å². The van der Waals surface area contributed by atoms with Gasteiger partial charge >= 0.3 is 5.97 Å². The van der Waals surface area contributed by atoms with E-state index in [0.717, 1.165) is 10.9 Å². The molecule has 106 valence electrons. The van der Waals surface area contributed by atoms with Gasteiger partial charge in [-0.1, -0.05) is 18.2 Å². The van der Waals surface area contributed by atoms with Crippen LogP contribution in [0.1, 0.15) is 10.4 Å². The first-order valence-corrected chi connectivity index (χ1v) is 6.40. The van der Waals surface area contributed by atoms with Gasteiger partial charge in [0, 0.05) is 16.6 Å². The van der Waals surface area contributed by atoms with E-state index in [1.165, 1.54) is 19.2 Å². The Hall–Kier alpha value is -2.82. The summed E-state index contributed by atoms with van der Waals surface area (Å²) in [5.41, 5.74) is 1.92. The van der Waals surface area contributed by atoms with Crippen LogP contribution < -0.4 is 5.32 Å². The third-order valence-electron chi connectivity index (χ3n) is 3.21. The maximum Gasteiger partial charge on any atom is 0.342 e. The molecule has 0 aliphatic heterocycles. The molecular weight excluding hydrogens is 271 g/mol. The number of rotatable bonds is 3. The molecule has 21 heavy (non-hydrogen) atoms. The molecule has 3 rings (SSSR count). The van der Waals surface area contributed by atoms with Gasteiger partial charge in [0.1, 0.15) is 17.2 Å². The molecule has 0 radical (unpaired) electrons. The molecule has 1 aromatic heterocycles. The average Bonchev–Trinajstić information content (AvgIpc) is 2.86. The number of carbonyl (C=O) groups excluding carboxylic acids is 1. The van der Waals surface area contributed by atoms with Crippen molar-refractivity contribution >= 4 is 28.4 Å². The van der Waals surface area contributed by atoms with E-state index in [4.69, 9.17) is 4.74 Å². The minimum absolute atomic E-state index is 0.314. The highest BCUT2D eigenvalue weighted by atomic mass is 19.1. The Morgan fingerprint density at radius 3 is 2.57 bits per heavy atom. The molecule has 0 bridgehead atoms. The number of halogens is 1. The van der Waals surface area contributed by atoms with Crippen molar-refractivity contribution in [1.82, 2.24) is 4.98 Å². The predicted octanol–water partition coefficient (Wildman–Crippen LogP) is 3.84. The van der Waals surface area contributed by atoms with E-state index in [1.54, 1.807) is 12.1 Å². The van der Waals surface area contributed by atoms with E-state index in [0.29, 0.717) is 17.1 Å². The number of hydrogen-bond donors (Lipinski definition) is 2. The Bertz CT molecular complexity index is 794. The van der Waals surface area contributed by atoms with Crippen LogP contribution in [0.2, 0.25) is 0 Å². The van der Waals surface area contributed by atoms with Gasteiger partial charge in [-0.2, -0.15) is 0 Å². The lowest BCUT2D eigenvalue weighted by Gasteiger charge is -2.06. The first kappa shape index (κ1) is 13.2. The lowest BCUT2D eigenvalue weighted by molar-refractivity contribution is 0.0604. The van der Waals surface area contributed by atoms with Crippen molar-refractivity contribution in [3.8, 4) is 0 Å². The zero-order valence-corrected chi connectivity index (χ0v) is 11.3. The number of aromatic amines is 1. The molecule has 0 saturated heterocycles. The summed E-state index contributed by atoms with van der Waals surface area (Å²) < 4.78 is 17.8. The fourth-order valence-electron chi connectivity index (χ4n) is 2.23. The molecule has 0 saturated carbocycles. The van der Waals surface area contributed by atoms with Gasteiger partial charge in [0.15, 0.2) is 0 Å². The van der Waals surface area contributed by atoms with Gasteiger partial charge in [-0.3, -0.25) is 0 Å². The molecule has 5 heteroatoms. The predicted molar refractivity (Wildman–Crippen MR) is 79.3 cm³/mol. The van der Waals surface area contributed by atoms with Crippen LogP contribution in [-0.4, -0.2) is 18.1 Å². The normalized spacial score (nSPS) is 10.6. The van der Waals surface area contributed by atoms with Gasteiger partial charge in [-0.05, 0) is 30.3 Å². The lowest BCUT2D eigenvalue weighted by Crippen LogP contribution is -2.04. The number of benzene rings is 2. The van der Waals surface area contributed by atoms with Gasteiger partial charge in [0.05, 0.1) is 7.11 Å². The number of hydrogen-bond acceptors (Lipinski definition) is 3. The van der Waals surface area contributed by atoms with Crippen LogP contribution in [0.25, 0.3) is 10.9 Å². The maximum atomic E-state index is 12.9. The third-order valence-corrected chi connectivity index (χ3v) is 3.21. The minimum Gasteiger partial charge on any atom is -0.465 e. The molecule has 0 spiro atoms. The fraction of sp³-hybridized carbons (Fsp3) is 0.0625. The molecule has 0 aliphatic rings. The Morgan fingerprint density at radius 1 is 1.14 bits per heavy atom. The van der Waals surface area contributed by atoms with Crippen molar-refractivity contribution in [3.63, 3.8) is 0 Å². The number of methoxy groups -OCH3 is 1. The van der Waals surface area contributed by atoms with Crippen LogP contribution in [0.4, 0.5) is 15.9 Å². The zero-order chi connectivity index (χ0) is 14.8. The molecule has 0 unspecified atom stereocenters. The Morgan fingerprint density at radius 2 is 1.86 bits per heavy atom. The van der Waals surface area contributed by atoms with E-state index < -0.39 is 5.97 Å². The number of anilines is 2. The van der Waals surface area contributed by atoms with Gasteiger partial charge in [0.25, 0.3) is 0 Å².